The number of halogens is 1. The second-order valence-electron chi connectivity index (χ2n) is 4.89. The van der Waals surface area contributed by atoms with E-state index in [2.05, 4.69) is 51.1 Å². The van der Waals surface area contributed by atoms with E-state index in [0.29, 0.717) is 0 Å². The lowest BCUT2D eigenvalue weighted by molar-refractivity contribution is 1.10. The monoisotopic (exact) mass is 258 g/mol. The van der Waals surface area contributed by atoms with Gasteiger partial charge in [0.2, 0.25) is 0 Å². The Balaban J connectivity index is 2.28. The predicted octanol–water partition coefficient (Wildman–Crippen LogP) is 5.11. The van der Waals surface area contributed by atoms with Gasteiger partial charge in [-0.1, -0.05) is 54.4 Å². The van der Waals surface area contributed by atoms with Crippen molar-refractivity contribution in [3.63, 3.8) is 0 Å². The van der Waals surface area contributed by atoms with Crippen molar-refractivity contribution in [2.75, 3.05) is 0 Å². The zero-order chi connectivity index (χ0) is 13.1. The first-order valence-electron chi connectivity index (χ1n) is 6.43. The van der Waals surface area contributed by atoms with Crippen molar-refractivity contribution in [1.29, 1.82) is 0 Å². The molecule has 0 aliphatic heterocycles. The Labute approximate surface area is 115 Å². The molecule has 0 amide bonds. The van der Waals surface area contributed by atoms with Crippen LogP contribution < -0.4 is 0 Å². The highest BCUT2D eigenvalue weighted by Gasteiger charge is 2.03. The molecule has 0 aliphatic carbocycles. The SMILES string of the molecule is CCc1cc(Cc2ccc(C)cc2C)ccc1Cl. The summed E-state index contributed by atoms with van der Waals surface area (Å²) in [4.78, 5) is 0. The molecule has 0 spiro atoms. The summed E-state index contributed by atoms with van der Waals surface area (Å²) in [6, 6.07) is 13.0. The number of benzene rings is 2. The Hall–Kier alpha value is -1.27. The fraction of sp³-hybridized carbons (Fsp3) is 0.294. The molecule has 2 aromatic carbocycles. The maximum Gasteiger partial charge on any atom is 0.0438 e. The van der Waals surface area contributed by atoms with Gasteiger partial charge in [-0.3, -0.25) is 0 Å². The highest BCUT2D eigenvalue weighted by atomic mass is 35.5. The van der Waals surface area contributed by atoms with Crippen LogP contribution in [0.2, 0.25) is 5.02 Å². The number of aryl methyl sites for hydroxylation is 3. The summed E-state index contributed by atoms with van der Waals surface area (Å²) in [6.07, 6.45) is 1.97. The normalized spacial score (nSPS) is 10.7. The van der Waals surface area contributed by atoms with Crippen LogP contribution >= 0.6 is 11.6 Å². The van der Waals surface area contributed by atoms with E-state index in [1.807, 2.05) is 6.07 Å². The molecule has 0 N–H and O–H groups in total. The average Bonchev–Trinajstić information content (AvgIpc) is 2.35. The largest absolute Gasteiger partial charge is 0.0840 e. The van der Waals surface area contributed by atoms with E-state index in [9.17, 15) is 0 Å². The topological polar surface area (TPSA) is 0 Å². The molecule has 0 aromatic heterocycles. The summed E-state index contributed by atoms with van der Waals surface area (Å²) in [5, 5.41) is 0.877. The maximum atomic E-state index is 6.15. The minimum absolute atomic E-state index is 0.877. The quantitative estimate of drug-likeness (QED) is 0.718. The summed E-state index contributed by atoms with van der Waals surface area (Å²) < 4.78 is 0. The molecule has 0 radical (unpaired) electrons. The Kier molecular flexibility index (Phi) is 4.08. The Bertz CT molecular complexity index is 556. The van der Waals surface area contributed by atoms with Crippen molar-refractivity contribution < 1.29 is 0 Å². The molecular formula is C17H19Cl. The van der Waals surface area contributed by atoms with Gasteiger partial charge in [0.25, 0.3) is 0 Å². The van der Waals surface area contributed by atoms with Gasteiger partial charge in [-0.2, -0.15) is 0 Å². The molecule has 0 saturated carbocycles. The van der Waals surface area contributed by atoms with Crippen molar-refractivity contribution >= 4 is 11.6 Å². The minimum Gasteiger partial charge on any atom is -0.0840 e. The predicted molar refractivity (Wildman–Crippen MR) is 79.6 cm³/mol. The summed E-state index contributed by atoms with van der Waals surface area (Å²) >= 11 is 6.15. The van der Waals surface area contributed by atoms with Gasteiger partial charge < -0.3 is 0 Å². The fourth-order valence-corrected chi connectivity index (χ4v) is 2.52. The van der Waals surface area contributed by atoms with Crippen LogP contribution in [0.5, 0.6) is 0 Å². The molecule has 0 unspecified atom stereocenters. The summed E-state index contributed by atoms with van der Waals surface area (Å²) in [6.45, 7) is 6.45. The van der Waals surface area contributed by atoms with Crippen molar-refractivity contribution in [3.05, 3.63) is 69.2 Å². The lowest BCUT2D eigenvalue weighted by atomic mass is 9.97. The van der Waals surface area contributed by atoms with Crippen LogP contribution in [-0.4, -0.2) is 0 Å². The summed E-state index contributed by atoms with van der Waals surface area (Å²) in [7, 11) is 0. The molecule has 2 aromatic rings. The van der Waals surface area contributed by atoms with Crippen molar-refractivity contribution in [1.82, 2.24) is 0 Å². The molecule has 0 aliphatic rings. The van der Waals surface area contributed by atoms with Gasteiger partial charge in [0.15, 0.2) is 0 Å². The van der Waals surface area contributed by atoms with E-state index in [4.69, 9.17) is 11.6 Å². The third kappa shape index (κ3) is 2.94. The zero-order valence-corrected chi connectivity index (χ0v) is 12.0. The average molecular weight is 259 g/mol. The molecule has 0 nitrogen and oxygen atoms in total. The smallest absolute Gasteiger partial charge is 0.0438 e. The lowest BCUT2D eigenvalue weighted by Gasteiger charge is -2.09. The van der Waals surface area contributed by atoms with E-state index < -0.39 is 0 Å². The Morgan fingerprint density at radius 1 is 0.944 bits per heavy atom. The molecule has 0 heterocycles. The van der Waals surface area contributed by atoms with Crippen LogP contribution in [0, 0.1) is 13.8 Å². The molecule has 18 heavy (non-hydrogen) atoms. The number of hydrogen-bond acceptors (Lipinski definition) is 0. The van der Waals surface area contributed by atoms with Crippen molar-refractivity contribution in [3.8, 4) is 0 Å². The molecular weight excluding hydrogens is 240 g/mol. The Morgan fingerprint density at radius 2 is 1.72 bits per heavy atom. The fourth-order valence-electron chi connectivity index (χ4n) is 2.27. The van der Waals surface area contributed by atoms with Crippen LogP contribution in [0.3, 0.4) is 0 Å². The van der Waals surface area contributed by atoms with Gasteiger partial charge in [0.05, 0.1) is 0 Å². The molecule has 0 atom stereocenters. The van der Waals surface area contributed by atoms with Gasteiger partial charge in [0.1, 0.15) is 0 Å². The van der Waals surface area contributed by atoms with Gasteiger partial charge in [-0.05, 0) is 55.0 Å². The Morgan fingerprint density at radius 3 is 2.39 bits per heavy atom. The lowest BCUT2D eigenvalue weighted by Crippen LogP contribution is -1.94. The van der Waals surface area contributed by atoms with Crippen molar-refractivity contribution in [2.24, 2.45) is 0 Å². The number of rotatable bonds is 3. The van der Waals surface area contributed by atoms with Gasteiger partial charge in [0, 0.05) is 5.02 Å². The van der Waals surface area contributed by atoms with Crippen LogP contribution in [0.15, 0.2) is 36.4 Å². The van der Waals surface area contributed by atoms with E-state index in [1.165, 1.54) is 27.8 Å². The van der Waals surface area contributed by atoms with Gasteiger partial charge in [-0.25, -0.2) is 0 Å². The summed E-state index contributed by atoms with van der Waals surface area (Å²) in [5.41, 5.74) is 6.65. The molecule has 0 bridgehead atoms. The highest BCUT2D eigenvalue weighted by Crippen LogP contribution is 2.21. The summed E-state index contributed by atoms with van der Waals surface area (Å²) in [5.74, 6) is 0. The molecule has 0 saturated heterocycles. The first-order chi connectivity index (χ1) is 8.60. The second-order valence-corrected chi connectivity index (χ2v) is 5.29. The second kappa shape index (κ2) is 5.58. The van der Waals surface area contributed by atoms with E-state index in [0.717, 1.165) is 17.9 Å². The van der Waals surface area contributed by atoms with E-state index >= 15 is 0 Å². The van der Waals surface area contributed by atoms with E-state index in [-0.39, 0.29) is 0 Å². The highest BCUT2D eigenvalue weighted by molar-refractivity contribution is 6.31. The first-order valence-corrected chi connectivity index (χ1v) is 6.81. The van der Waals surface area contributed by atoms with Crippen LogP contribution in [0.4, 0.5) is 0 Å². The molecule has 2 rings (SSSR count). The third-order valence-electron chi connectivity index (χ3n) is 3.38. The number of hydrogen-bond donors (Lipinski definition) is 0. The first kappa shape index (κ1) is 13.2. The maximum absolute atomic E-state index is 6.15. The van der Waals surface area contributed by atoms with Crippen LogP contribution in [-0.2, 0) is 12.8 Å². The molecule has 0 fully saturated rings. The van der Waals surface area contributed by atoms with Crippen LogP contribution in [0.25, 0.3) is 0 Å². The standard InChI is InChI=1S/C17H19Cl/c1-4-15-10-14(6-8-17(15)18)11-16-7-5-12(2)9-13(16)3/h5-10H,4,11H2,1-3H3. The van der Waals surface area contributed by atoms with Gasteiger partial charge >= 0.3 is 0 Å². The zero-order valence-electron chi connectivity index (χ0n) is 11.3. The van der Waals surface area contributed by atoms with Crippen LogP contribution in [0.1, 0.15) is 34.7 Å². The van der Waals surface area contributed by atoms with Gasteiger partial charge in [-0.15, -0.1) is 0 Å². The third-order valence-corrected chi connectivity index (χ3v) is 3.75. The minimum atomic E-state index is 0.877. The molecule has 94 valence electrons. The van der Waals surface area contributed by atoms with Crippen molar-refractivity contribution in [2.45, 2.75) is 33.6 Å². The van der Waals surface area contributed by atoms with E-state index in [1.54, 1.807) is 0 Å². The molecule has 1 heteroatoms.